The Bertz CT molecular complexity index is 1670. The molecule has 0 saturated heterocycles. The summed E-state index contributed by atoms with van der Waals surface area (Å²) in [7, 11) is 0. The van der Waals surface area contributed by atoms with Crippen molar-refractivity contribution in [3.8, 4) is 0 Å². The molecule has 1 saturated carbocycles. The van der Waals surface area contributed by atoms with Gasteiger partial charge in [0.05, 0.1) is 17.1 Å². The van der Waals surface area contributed by atoms with Gasteiger partial charge in [0.15, 0.2) is 0 Å². The highest BCUT2D eigenvalue weighted by atomic mass is 35.5. The average molecular weight is 509 g/mol. The molecule has 1 aliphatic rings. The van der Waals surface area contributed by atoms with Gasteiger partial charge in [-0.2, -0.15) is 9.78 Å². The molecule has 0 unspecified atom stereocenters. The summed E-state index contributed by atoms with van der Waals surface area (Å²) in [4.78, 5) is 18.6. The Morgan fingerprint density at radius 1 is 0.946 bits per heavy atom. The average Bonchev–Trinajstić information content (AvgIpc) is 3.20. The van der Waals surface area contributed by atoms with Crippen molar-refractivity contribution in [1.29, 1.82) is 0 Å². The Morgan fingerprint density at radius 3 is 2.43 bits per heavy atom. The fourth-order valence-electron chi connectivity index (χ4n) is 5.59. The van der Waals surface area contributed by atoms with Gasteiger partial charge >= 0.3 is 0 Å². The third-order valence-corrected chi connectivity index (χ3v) is 7.84. The first-order valence-electron chi connectivity index (χ1n) is 13.0. The van der Waals surface area contributed by atoms with Crippen LogP contribution in [0.4, 0.5) is 0 Å². The molecule has 1 aliphatic carbocycles. The first-order valence-corrected chi connectivity index (χ1v) is 13.4. The van der Waals surface area contributed by atoms with Crippen LogP contribution in [0.3, 0.4) is 0 Å². The molecular weight excluding hydrogens is 480 g/mol. The van der Waals surface area contributed by atoms with Gasteiger partial charge in [-0.1, -0.05) is 73.3 Å². The van der Waals surface area contributed by atoms with Gasteiger partial charge in [0.25, 0.3) is 5.56 Å². The Labute approximate surface area is 221 Å². The molecule has 186 valence electrons. The molecule has 0 N–H and O–H groups in total. The van der Waals surface area contributed by atoms with Crippen molar-refractivity contribution in [3.63, 3.8) is 0 Å². The molecule has 0 aliphatic heterocycles. The summed E-state index contributed by atoms with van der Waals surface area (Å²) < 4.78 is 3.85. The Morgan fingerprint density at radius 2 is 1.65 bits per heavy atom. The second-order valence-corrected chi connectivity index (χ2v) is 10.3. The van der Waals surface area contributed by atoms with Crippen LogP contribution in [-0.2, 0) is 6.54 Å². The highest BCUT2D eigenvalue weighted by molar-refractivity contribution is 6.30. The van der Waals surface area contributed by atoms with Gasteiger partial charge in [-0.3, -0.25) is 4.79 Å². The van der Waals surface area contributed by atoms with Crippen LogP contribution in [0.1, 0.15) is 60.7 Å². The van der Waals surface area contributed by atoms with Crippen LogP contribution in [-0.4, -0.2) is 20.4 Å². The first kappa shape index (κ1) is 23.7. The summed E-state index contributed by atoms with van der Waals surface area (Å²) in [6.45, 7) is 2.84. The molecule has 6 rings (SSSR count). The molecule has 2 aromatic heterocycles. The molecule has 0 amide bonds. The van der Waals surface area contributed by atoms with Gasteiger partial charge in [0.2, 0.25) is 0 Å². The molecule has 0 radical (unpaired) electrons. The fraction of sp³-hybridized carbons (Fsp3) is 0.258. The van der Waals surface area contributed by atoms with Crippen molar-refractivity contribution in [2.24, 2.45) is 5.10 Å². The summed E-state index contributed by atoms with van der Waals surface area (Å²) >= 11 is 6.11. The Balaban J connectivity index is 1.48. The van der Waals surface area contributed by atoms with Crippen LogP contribution in [0, 0.1) is 6.92 Å². The zero-order chi connectivity index (χ0) is 25.4. The zero-order valence-electron chi connectivity index (χ0n) is 20.9. The Hall–Kier alpha value is -3.70. The zero-order valence-corrected chi connectivity index (χ0v) is 21.7. The van der Waals surface area contributed by atoms with Crippen molar-refractivity contribution >= 4 is 39.6 Å². The topological polar surface area (TPSA) is 52.2 Å². The Kier molecular flexibility index (Phi) is 6.39. The van der Waals surface area contributed by atoms with E-state index in [0.717, 1.165) is 70.8 Å². The van der Waals surface area contributed by atoms with E-state index in [0.29, 0.717) is 5.39 Å². The third-order valence-electron chi connectivity index (χ3n) is 7.59. The lowest BCUT2D eigenvalue weighted by molar-refractivity contribution is 0.416. The number of hydrogen-bond acceptors (Lipinski definition) is 3. The van der Waals surface area contributed by atoms with Crippen LogP contribution in [0.2, 0.25) is 5.02 Å². The van der Waals surface area contributed by atoms with Crippen LogP contribution in [0.25, 0.3) is 21.8 Å². The largest absolute Gasteiger partial charge is 0.340 e. The smallest absolute Gasteiger partial charge is 0.282 e. The summed E-state index contributed by atoms with van der Waals surface area (Å²) in [5, 5.41) is 7.27. The standard InChI is InChI=1S/C31H29ClN4O/c1-21-27(25-11-6-8-14-29(25)35(21)20-22-15-17-24(32)18-16-22)19-33-36-30(23-9-3-2-4-10-23)34-28-13-7-5-12-26(28)31(36)37/h5-8,11-19,23H,2-4,9-10,20H2,1H3. The highest BCUT2D eigenvalue weighted by Crippen LogP contribution is 2.32. The fourth-order valence-corrected chi connectivity index (χ4v) is 5.72. The lowest BCUT2D eigenvalue weighted by Gasteiger charge is -2.22. The molecule has 0 bridgehead atoms. The molecule has 3 aromatic carbocycles. The third kappa shape index (κ3) is 4.49. The lowest BCUT2D eigenvalue weighted by atomic mass is 9.88. The predicted octanol–water partition coefficient (Wildman–Crippen LogP) is 7.29. The van der Waals surface area contributed by atoms with E-state index in [1.807, 2.05) is 48.7 Å². The maximum Gasteiger partial charge on any atom is 0.282 e. The highest BCUT2D eigenvalue weighted by Gasteiger charge is 2.22. The minimum Gasteiger partial charge on any atom is -0.340 e. The van der Waals surface area contributed by atoms with E-state index < -0.39 is 0 Å². The molecule has 1 fully saturated rings. The maximum atomic E-state index is 13.6. The quantitative estimate of drug-likeness (QED) is 0.234. The van der Waals surface area contributed by atoms with E-state index in [1.165, 1.54) is 12.0 Å². The molecule has 2 heterocycles. The predicted molar refractivity (Wildman–Crippen MR) is 152 cm³/mol. The van der Waals surface area contributed by atoms with E-state index in [9.17, 15) is 4.79 Å². The number of aromatic nitrogens is 3. The molecule has 5 aromatic rings. The first-order chi connectivity index (χ1) is 18.1. The summed E-state index contributed by atoms with van der Waals surface area (Å²) in [6, 6.07) is 23.9. The normalized spacial score (nSPS) is 14.8. The SMILES string of the molecule is Cc1c(C=Nn2c(C3CCCCC3)nc3ccccc3c2=O)c2ccccc2n1Cc1ccc(Cl)cc1. The van der Waals surface area contributed by atoms with E-state index >= 15 is 0 Å². The lowest BCUT2D eigenvalue weighted by Crippen LogP contribution is -2.25. The van der Waals surface area contributed by atoms with Gasteiger partial charge in [-0.25, -0.2) is 4.98 Å². The van der Waals surface area contributed by atoms with E-state index in [4.69, 9.17) is 21.7 Å². The number of halogens is 1. The monoisotopic (exact) mass is 508 g/mol. The number of rotatable bonds is 5. The number of hydrogen-bond donors (Lipinski definition) is 0. The van der Waals surface area contributed by atoms with E-state index in [2.05, 4.69) is 41.8 Å². The van der Waals surface area contributed by atoms with Gasteiger partial charge in [0.1, 0.15) is 5.82 Å². The molecule has 6 heteroatoms. The van der Waals surface area contributed by atoms with Gasteiger partial charge in [0, 0.05) is 39.6 Å². The number of para-hydroxylation sites is 2. The molecule has 5 nitrogen and oxygen atoms in total. The van der Waals surface area contributed by atoms with Crippen LogP contribution >= 0.6 is 11.6 Å². The number of benzene rings is 3. The van der Waals surface area contributed by atoms with Crippen molar-refractivity contribution in [1.82, 2.24) is 14.2 Å². The van der Waals surface area contributed by atoms with E-state index in [-0.39, 0.29) is 11.5 Å². The van der Waals surface area contributed by atoms with Gasteiger partial charge in [-0.05, 0) is 55.7 Å². The van der Waals surface area contributed by atoms with Crippen LogP contribution in [0.15, 0.2) is 82.7 Å². The minimum absolute atomic E-state index is 0.107. The summed E-state index contributed by atoms with van der Waals surface area (Å²) in [6.07, 6.45) is 7.49. The van der Waals surface area contributed by atoms with Crippen molar-refractivity contribution in [3.05, 3.63) is 111 Å². The molecule has 0 atom stereocenters. The summed E-state index contributed by atoms with van der Waals surface area (Å²) in [5.41, 5.74) is 5.06. The van der Waals surface area contributed by atoms with Crippen molar-refractivity contribution in [2.45, 2.75) is 51.5 Å². The molecule has 37 heavy (non-hydrogen) atoms. The number of fused-ring (bicyclic) bond motifs is 2. The van der Waals surface area contributed by atoms with Crippen LogP contribution < -0.4 is 5.56 Å². The van der Waals surface area contributed by atoms with Crippen LogP contribution in [0.5, 0.6) is 0 Å². The summed E-state index contributed by atoms with van der Waals surface area (Å²) in [5.74, 6) is 1.03. The molecule has 0 spiro atoms. The second kappa shape index (κ2) is 9.98. The van der Waals surface area contributed by atoms with E-state index in [1.54, 1.807) is 4.68 Å². The maximum absolute atomic E-state index is 13.6. The second-order valence-electron chi connectivity index (χ2n) is 9.91. The molecular formula is C31H29ClN4O. The minimum atomic E-state index is -0.107. The van der Waals surface area contributed by atoms with Gasteiger partial charge in [-0.15, -0.1) is 0 Å². The number of nitrogens with zero attached hydrogens (tertiary/aromatic N) is 4. The van der Waals surface area contributed by atoms with Crippen molar-refractivity contribution < 1.29 is 0 Å². The van der Waals surface area contributed by atoms with Crippen molar-refractivity contribution in [2.75, 3.05) is 0 Å². The van der Waals surface area contributed by atoms with Gasteiger partial charge < -0.3 is 4.57 Å².